The summed E-state index contributed by atoms with van der Waals surface area (Å²) in [5, 5.41) is 0. The maximum atomic E-state index is 11.5. The fraction of sp³-hybridized carbons (Fsp3) is 0.571. The largest absolute Gasteiger partial charge is 0.465 e. The van der Waals surface area contributed by atoms with E-state index in [9.17, 15) is 9.59 Å². The number of aromatic amines is 1. The van der Waals surface area contributed by atoms with Crippen LogP contribution in [0.25, 0.3) is 0 Å². The number of rotatable bonds is 8. The summed E-state index contributed by atoms with van der Waals surface area (Å²) in [5.74, 6) is -0.547. The quantitative estimate of drug-likeness (QED) is 0.731. The summed E-state index contributed by atoms with van der Waals surface area (Å²) in [6.07, 6.45) is 5.40. The third-order valence-corrected chi connectivity index (χ3v) is 2.53. The number of carbonyl (C=O) groups excluding carboxylic acids is 2. The maximum Gasteiger partial charge on any atom is 0.310 e. The zero-order chi connectivity index (χ0) is 14.1. The van der Waals surface area contributed by atoms with E-state index in [1.165, 1.54) is 0 Å². The SMILES string of the molecule is CCCOC(=O)Cc1c[nH]cc1CC(=O)OCCC. The summed E-state index contributed by atoms with van der Waals surface area (Å²) in [5.41, 5.74) is 1.57. The lowest BCUT2D eigenvalue weighted by Crippen LogP contribution is -2.12. The van der Waals surface area contributed by atoms with Crippen LogP contribution in [0.5, 0.6) is 0 Å². The van der Waals surface area contributed by atoms with Gasteiger partial charge in [-0.3, -0.25) is 9.59 Å². The van der Waals surface area contributed by atoms with E-state index in [2.05, 4.69) is 4.98 Å². The molecule has 0 spiro atoms. The number of hydrogen-bond acceptors (Lipinski definition) is 4. The molecule has 0 bridgehead atoms. The predicted octanol–water partition coefficient (Wildman–Crippen LogP) is 2.01. The van der Waals surface area contributed by atoms with E-state index in [0.29, 0.717) is 13.2 Å². The summed E-state index contributed by atoms with van der Waals surface area (Å²) in [6.45, 7) is 4.74. The standard InChI is InChI=1S/C14H21NO4/c1-3-5-18-13(16)7-11-9-15-10-12(11)8-14(17)19-6-4-2/h9-10,15H,3-8H2,1-2H3. The van der Waals surface area contributed by atoms with Crippen molar-refractivity contribution in [3.8, 4) is 0 Å². The van der Waals surface area contributed by atoms with Crippen molar-refractivity contribution in [2.75, 3.05) is 13.2 Å². The third-order valence-electron chi connectivity index (χ3n) is 2.53. The fourth-order valence-electron chi connectivity index (χ4n) is 1.60. The van der Waals surface area contributed by atoms with E-state index in [4.69, 9.17) is 9.47 Å². The Morgan fingerprint density at radius 3 is 1.74 bits per heavy atom. The van der Waals surface area contributed by atoms with Gasteiger partial charge in [-0.15, -0.1) is 0 Å². The number of hydrogen-bond donors (Lipinski definition) is 1. The Morgan fingerprint density at radius 1 is 0.947 bits per heavy atom. The molecule has 0 saturated heterocycles. The van der Waals surface area contributed by atoms with Crippen LogP contribution in [0, 0.1) is 0 Å². The molecule has 1 aromatic rings. The van der Waals surface area contributed by atoms with Gasteiger partial charge in [0.15, 0.2) is 0 Å². The molecule has 1 heterocycles. The first-order chi connectivity index (χ1) is 9.17. The second-order valence-electron chi connectivity index (χ2n) is 4.30. The molecule has 0 aromatic carbocycles. The molecular weight excluding hydrogens is 246 g/mol. The molecule has 1 rings (SSSR count). The van der Waals surface area contributed by atoms with Crippen molar-refractivity contribution in [3.05, 3.63) is 23.5 Å². The van der Waals surface area contributed by atoms with E-state index in [0.717, 1.165) is 24.0 Å². The first-order valence-electron chi connectivity index (χ1n) is 6.63. The van der Waals surface area contributed by atoms with E-state index in [-0.39, 0.29) is 24.8 Å². The van der Waals surface area contributed by atoms with Crippen LogP contribution in [0.3, 0.4) is 0 Å². The topological polar surface area (TPSA) is 68.4 Å². The second kappa shape index (κ2) is 8.34. The van der Waals surface area contributed by atoms with Crippen molar-refractivity contribution in [2.24, 2.45) is 0 Å². The van der Waals surface area contributed by atoms with Crippen LogP contribution < -0.4 is 0 Å². The molecule has 0 amide bonds. The highest BCUT2D eigenvalue weighted by molar-refractivity contribution is 5.76. The molecule has 5 nitrogen and oxygen atoms in total. The van der Waals surface area contributed by atoms with Gasteiger partial charge in [0.05, 0.1) is 26.1 Å². The minimum atomic E-state index is -0.273. The molecule has 0 aliphatic heterocycles. The Labute approximate surface area is 113 Å². The normalized spacial score (nSPS) is 10.2. The van der Waals surface area contributed by atoms with Crippen molar-refractivity contribution in [3.63, 3.8) is 0 Å². The maximum absolute atomic E-state index is 11.5. The summed E-state index contributed by atoms with van der Waals surface area (Å²) < 4.78 is 10.0. The van der Waals surface area contributed by atoms with Crippen LogP contribution >= 0.6 is 0 Å². The van der Waals surface area contributed by atoms with Gasteiger partial charge in [0.1, 0.15) is 0 Å². The van der Waals surface area contributed by atoms with Gasteiger partial charge in [-0.05, 0) is 24.0 Å². The van der Waals surface area contributed by atoms with E-state index in [1.807, 2.05) is 13.8 Å². The highest BCUT2D eigenvalue weighted by Crippen LogP contribution is 2.11. The first-order valence-corrected chi connectivity index (χ1v) is 6.63. The van der Waals surface area contributed by atoms with Gasteiger partial charge in [0.25, 0.3) is 0 Å². The van der Waals surface area contributed by atoms with E-state index >= 15 is 0 Å². The molecule has 0 fully saturated rings. The van der Waals surface area contributed by atoms with Crippen LogP contribution in [0.1, 0.15) is 37.8 Å². The van der Waals surface area contributed by atoms with Crippen molar-refractivity contribution in [1.82, 2.24) is 4.98 Å². The zero-order valence-electron chi connectivity index (χ0n) is 11.5. The van der Waals surface area contributed by atoms with E-state index in [1.54, 1.807) is 12.4 Å². The highest BCUT2D eigenvalue weighted by atomic mass is 16.5. The summed E-state index contributed by atoms with van der Waals surface area (Å²) in [7, 11) is 0. The number of aromatic nitrogens is 1. The van der Waals surface area contributed by atoms with Gasteiger partial charge < -0.3 is 14.5 Å². The third kappa shape index (κ3) is 5.59. The molecule has 0 unspecified atom stereocenters. The molecular formula is C14H21NO4. The number of carbonyl (C=O) groups is 2. The van der Waals surface area contributed by atoms with Crippen LogP contribution in [-0.4, -0.2) is 30.1 Å². The molecule has 106 valence electrons. The lowest BCUT2D eigenvalue weighted by molar-refractivity contribution is -0.144. The summed E-state index contributed by atoms with van der Waals surface area (Å²) in [6, 6.07) is 0. The van der Waals surface area contributed by atoms with Crippen LogP contribution in [0.2, 0.25) is 0 Å². The minimum absolute atomic E-state index is 0.180. The Bertz CT molecular complexity index is 375. The molecule has 1 N–H and O–H groups in total. The van der Waals surface area contributed by atoms with Crippen LogP contribution in [-0.2, 0) is 31.9 Å². The highest BCUT2D eigenvalue weighted by Gasteiger charge is 2.13. The van der Waals surface area contributed by atoms with Gasteiger partial charge >= 0.3 is 11.9 Å². The molecule has 0 saturated carbocycles. The molecule has 19 heavy (non-hydrogen) atoms. The van der Waals surface area contributed by atoms with Gasteiger partial charge in [-0.25, -0.2) is 0 Å². The van der Waals surface area contributed by atoms with Crippen molar-refractivity contribution < 1.29 is 19.1 Å². The Balaban J connectivity index is 2.50. The molecule has 0 aliphatic rings. The average Bonchev–Trinajstić information content (AvgIpc) is 2.81. The number of ether oxygens (including phenoxy) is 2. The lowest BCUT2D eigenvalue weighted by Gasteiger charge is -2.05. The molecule has 5 heteroatoms. The lowest BCUT2D eigenvalue weighted by atomic mass is 10.1. The van der Waals surface area contributed by atoms with E-state index < -0.39 is 0 Å². The van der Waals surface area contributed by atoms with Crippen LogP contribution in [0.15, 0.2) is 12.4 Å². The zero-order valence-corrected chi connectivity index (χ0v) is 11.5. The van der Waals surface area contributed by atoms with Gasteiger partial charge in [0, 0.05) is 12.4 Å². The summed E-state index contributed by atoms with van der Waals surface area (Å²) in [4.78, 5) is 26.0. The molecule has 0 atom stereocenters. The Kier molecular flexibility index (Phi) is 6.71. The minimum Gasteiger partial charge on any atom is -0.465 e. The molecule has 0 radical (unpaired) electrons. The number of H-pyrrole nitrogens is 1. The average molecular weight is 267 g/mol. The van der Waals surface area contributed by atoms with Gasteiger partial charge in [-0.2, -0.15) is 0 Å². The first kappa shape index (κ1) is 15.3. The van der Waals surface area contributed by atoms with Crippen LogP contribution in [0.4, 0.5) is 0 Å². The van der Waals surface area contributed by atoms with Gasteiger partial charge in [-0.1, -0.05) is 13.8 Å². The monoisotopic (exact) mass is 267 g/mol. The van der Waals surface area contributed by atoms with Gasteiger partial charge in [0.2, 0.25) is 0 Å². The smallest absolute Gasteiger partial charge is 0.310 e. The Morgan fingerprint density at radius 2 is 1.37 bits per heavy atom. The second-order valence-corrected chi connectivity index (χ2v) is 4.30. The molecule has 1 aromatic heterocycles. The Hall–Kier alpha value is -1.78. The van der Waals surface area contributed by atoms with Crippen molar-refractivity contribution in [1.29, 1.82) is 0 Å². The number of nitrogens with one attached hydrogen (secondary N) is 1. The van der Waals surface area contributed by atoms with Crippen molar-refractivity contribution >= 4 is 11.9 Å². The summed E-state index contributed by atoms with van der Waals surface area (Å²) >= 11 is 0. The number of esters is 2. The fourth-order valence-corrected chi connectivity index (χ4v) is 1.60. The molecule has 0 aliphatic carbocycles. The predicted molar refractivity (Wildman–Crippen MR) is 70.7 cm³/mol. The van der Waals surface area contributed by atoms with Crippen molar-refractivity contribution in [2.45, 2.75) is 39.5 Å².